The third-order valence-corrected chi connectivity index (χ3v) is 6.86. The van der Waals surface area contributed by atoms with Crippen molar-refractivity contribution in [2.45, 2.75) is 63.8 Å². The number of benzene rings is 1. The summed E-state index contributed by atoms with van der Waals surface area (Å²) in [5.41, 5.74) is 0.900. The smallest absolute Gasteiger partial charge is 0.219 e. The average molecular weight is 440 g/mol. The van der Waals surface area contributed by atoms with Gasteiger partial charge in [-0.25, -0.2) is 9.37 Å². The third-order valence-electron chi connectivity index (χ3n) is 6.86. The standard InChI is InChI=1S/C26H34FN3O2/c27-24-18-23(13-14-25(24)32-26-12-4-5-15-28-26)29-16-6-8-21(19-29)9-7-17-30(20-31)22-10-2-1-3-11-22/h4-5,12-15,18,20-22H,1-3,6-11,16-17,19H2. The molecule has 1 unspecified atom stereocenters. The number of carbonyl (C=O) groups is 1. The number of carbonyl (C=O) groups excluding carboxylic acids is 1. The zero-order valence-corrected chi connectivity index (χ0v) is 18.8. The summed E-state index contributed by atoms with van der Waals surface area (Å²) in [5, 5.41) is 0. The van der Waals surface area contributed by atoms with Crippen molar-refractivity contribution in [2.24, 2.45) is 5.92 Å². The van der Waals surface area contributed by atoms with Gasteiger partial charge in [0.25, 0.3) is 0 Å². The van der Waals surface area contributed by atoms with Gasteiger partial charge in [-0.3, -0.25) is 4.79 Å². The van der Waals surface area contributed by atoms with Crippen LogP contribution in [-0.2, 0) is 4.79 Å². The van der Waals surface area contributed by atoms with Crippen molar-refractivity contribution in [1.82, 2.24) is 9.88 Å². The van der Waals surface area contributed by atoms with Crippen molar-refractivity contribution in [3.63, 3.8) is 0 Å². The number of halogens is 1. The molecule has 0 radical (unpaired) electrons. The second-order valence-electron chi connectivity index (χ2n) is 9.12. The maximum Gasteiger partial charge on any atom is 0.219 e. The van der Waals surface area contributed by atoms with E-state index in [1.54, 1.807) is 30.5 Å². The molecule has 1 saturated carbocycles. The molecule has 0 N–H and O–H groups in total. The Hall–Kier alpha value is -2.63. The number of rotatable bonds is 9. The molecule has 32 heavy (non-hydrogen) atoms. The summed E-state index contributed by atoms with van der Waals surface area (Å²) in [5.74, 6) is 0.785. The molecule has 0 bridgehead atoms. The van der Waals surface area contributed by atoms with Crippen LogP contribution in [0.15, 0.2) is 42.6 Å². The van der Waals surface area contributed by atoms with Gasteiger partial charge in [0, 0.05) is 49.7 Å². The van der Waals surface area contributed by atoms with Crippen LogP contribution in [0.25, 0.3) is 0 Å². The number of anilines is 1. The molecule has 1 aromatic heterocycles. The SMILES string of the molecule is O=CN(CCCC1CCCN(c2ccc(Oc3ccccn3)c(F)c2)C1)C1CCCCC1. The monoisotopic (exact) mass is 439 g/mol. The molecule has 2 aliphatic rings. The van der Waals surface area contributed by atoms with Gasteiger partial charge >= 0.3 is 0 Å². The highest BCUT2D eigenvalue weighted by molar-refractivity contribution is 5.50. The molecule has 2 aromatic rings. The minimum atomic E-state index is -0.371. The van der Waals surface area contributed by atoms with E-state index in [-0.39, 0.29) is 11.6 Å². The quantitative estimate of drug-likeness (QED) is 0.463. The van der Waals surface area contributed by atoms with Gasteiger partial charge in [-0.15, -0.1) is 0 Å². The highest BCUT2D eigenvalue weighted by atomic mass is 19.1. The maximum atomic E-state index is 14.7. The molecular formula is C26H34FN3O2. The van der Waals surface area contributed by atoms with Crippen LogP contribution in [0.3, 0.4) is 0 Å². The Labute approximate surface area is 190 Å². The Kier molecular flexibility index (Phi) is 7.97. The molecule has 1 saturated heterocycles. The molecule has 1 amide bonds. The summed E-state index contributed by atoms with van der Waals surface area (Å²) in [7, 11) is 0. The Morgan fingerprint density at radius 1 is 1.12 bits per heavy atom. The maximum absolute atomic E-state index is 14.7. The molecule has 1 aromatic carbocycles. The van der Waals surface area contributed by atoms with Gasteiger partial charge in [0.05, 0.1) is 0 Å². The van der Waals surface area contributed by atoms with E-state index in [0.717, 1.165) is 63.8 Å². The molecule has 1 atom stereocenters. The minimum Gasteiger partial charge on any atom is -0.436 e. The molecule has 0 spiro atoms. The second-order valence-corrected chi connectivity index (χ2v) is 9.12. The molecular weight excluding hydrogens is 405 g/mol. The van der Waals surface area contributed by atoms with E-state index in [0.29, 0.717) is 17.8 Å². The number of hydrogen-bond donors (Lipinski definition) is 0. The lowest BCUT2D eigenvalue weighted by atomic mass is 9.92. The zero-order valence-electron chi connectivity index (χ0n) is 18.8. The van der Waals surface area contributed by atoms with Gasteiger partial charge in [0.2, 0.25) is 12.3 Å². The number of hydrogen-bond acceptors (Lipinski definition) is 4. The molecule has 1 aliphatic carbocycles. The summed E-state index contributed by atoms with van der Waals surface area (Å²) >= 11 is 0. The van der Waals surface area contributed by atoms with E-state index in [2.05, 4.69) is 9.88 Å². The fourth-order valence-electron chi connectivity index (χ4n) is 5.12. The minimum absolute atomic E-state index is 0.192. The van der Waals surface area contributed by atoms with Gasteiger partial charge < -0.3 is 14.5 Å². The Balaban J connectivity index is 1.28. The number of ether oxygens (including phenoxy) is 1. The van der Waals surface area contributed by atoms with Crippen LogP contribution in [0.1, 0.15) is 57.8 Å². The van der Waals surface area contributed by atoms with Gasteiger partial charge in [-0.05, 0) is 62.6 Å². The lowest BCUT2D eigenvalue weighted by Crippen LogP contribution is -2.38. The molecule has 172 valence electrons. The first-order valence-electron chi connectivity index (χ1n) is 12.1. The first kappa shape index (κ1) is 22.6. The largest absolute Gasteiger partial charge is 0.436 e. The number of amides is 1. The first-order chi connectivity index (χ1) is 15.7. The van der Waals surface area contributed by atoms with Crippen molar-refractivity contribution in [2.75, 3.05) is 24.5 Å². The van der Waals surface area contributed by atoms with Crippen molar-refractivity contribution < 1.29 is 13.9 Å². The average Bonchev–Trinajstić information content (AvgIpc) is 2.84. The topological polar surface area (TPSA) is 45.7 Å². The summed E-state index contributed by atoms with van der Waals surface area (Å²) in [6, 6.07) is 11.0. The molecule has 4 rings (SSSR count). The van der Waals surface area contributed by atoms with E-state index >= 15 is 0 Å². The fourth-order valence-corrected chi connectivity index (χ4v) is 5.12. The van der Waals surface area contributed by atoms with Crippen LogP contribution >= 0.6 is 0 Å². The zero-order chi connectivity index (χ0) is 22.2. The second kappa shape index (κ2) is 11.3. The van der Waals surface area contributed by atoms with Crippen molar-refractivity contribution in [3.8, 4) is 11.6 Å². The highest BCUT2D eigenvalue weighted by Gasteiger charge is 2.23. The van der Waals surface area contributed by atoms with Crippen LogP contribution in [0.5, 0.6) is 11.6 Å². The third kappa shape index (κ3) is 5.99. The number of nitrogens with zero attached hydrogens (tertiary/aromatic N) is 3. The lowest BCUT2D eigenvalue weighted by molar-refractivity contribution is -0.120. The first-order valence-corrected chi connectivity index (χ1v) is 12.1. The molecule has 1 aliphatic heterocycles. The van der Waals surface area contributed by atoms with Crippen LogP contribution < -0.4 is 9.64 Å². The molecule has 6 heteroatoms. The summed E-state index contributed by atoms with van der Waals surface area (Å²) in [6.07, 6.45) is 13.2. The molecule has 2 heterocycles. The Bertz CT molecular complexity index is 857. The van der Waals surface area contributed by atoms with Crippen LogP contribution in [0, 0.1) is 11.7 Å². The predicted octanol–water partition coefficient (Wildman–Crippen LogP) is 5.80. The van der Waals surface area contributed by atoms with Gasteiger partial charge in [-0.1, -0.05) is 25.3 Å². The Morgan fingerprint density at radius 3 is 2.75 bits per heavy atom. The summed E-state index contributed by atoms with van der Waals surface area (Å²) in [6.45, 7) is 2.74. The van der Waals surface area contributed by atoms with Crippen molar-refractivity contribution in [1.29, 1.82) is 0 Å². The Morgan fingerprint density at radius 2 is 2.00 bits per heavy atom. The van der Waals surface area contributed by atoms with E-state index in [4.69, 9.17) is 4.74 Å². The summed E-state index contributed by atoms with van der Waals surface area (Å²) in [4.78, 5) is 20.0. The van der Waals surface area contributed by atoms with Gasteiger partial charge in [0.15, 0.2) is 11.6 Å². The van der Waals surface area contributed by atoms with Gasteiger partial charge in [-0.2, -0.15) is 0 Å². The van der Waals surface area contributed by atoms with Crippen LogP contribution in [-0.4, -0.2) is 42.0 Å². The highest BCUT2D eigenvalue weighted by Crippen LogP contribution is 2.31. The van der Waals surface area contributed by atoms with Crippen molar-refractivity contribution in [3.05, 3.63) is 48.4 Å². The molecule has 2 fully saturated rings. The van der Waals surface area contributed by atoms with E-state index in [1.807, 2.05) is 17.0 Å². The summed E-state index contributed by atoms with van der Waals surface area (Å²) < 4.78 is 20.2. The normalized spacial score (nSPS) is 19.5. The molecule has 5 nitrogen and oxygen atoms in total. The van der Waals surface area contributed by atoms with E-state index in [9.17, 15) is 9.18 Å². The lowest BCUT2D eigenvalue weighted by Gasteiger charge is -2.35. The number of pyridine rings is 1. The number of piperidine rings is 1. The fraction of sp³-hybridized carbons (Fsp3) is 0.538. The van der Waals surface area contributed by atoms with E-state index < -0.39 is 0 Å². The van der Waals surface area contributed by atoms with Gasteiger partial charge in [0.1, 0.15) is 0 Å². The predicted molar refractivity (Wildman–Crippen MR) is 125 cm³/mol. The van der Waals surface area contributed by atoms with Crippen LogP contribution in [0.4, 0.5) is 10.1 Å². The van der Waals surface area contributed by atoms with Crippen molar-refractivity contribution >= 4 is 12.1 Å². The van der Waals surface area contributed by atoms with Crippen LogP contribution in [0.2, 0.25) is 0 Å². The van der Waals surface area contributed by atoms with E-state index in [1.165, 1.54) is 25.7 Å². The number of aromatic nitrogens is 1.